The first-order valence-corrected chi connectivity index (χ1v) is 3.59. The van der Waals surface area contributed by atoms with Crippen LogP contribution < -0.4 is 5.73 Å². The molecule has 12 heavy (non-hydrogen) atoms. The highest BCUT2D eigenvalue weighted by molar-refractivity contribution is 5.30. The van der Waals surface area contributed by atoms with Crippen molar-refractivity contribution in [2.45, 2.75) is 17.8 Å². The molecule has 1 aliphatic rings. The molecule has 2 rings (SSSR count). The molecule has 1 atom stereocenters. The summed E-state index contributed by atoms with van der Waals surface area (Å²) in [4.78, 5) is 3.59. The summed E-state index contributed by atoms with van der Waals surface area (Å²) in [6.45, 7) is -0.102. The fraction of sp³-hybridized carbons (Fsp3) is 0.571. The second-order valence-corrected chi connectivity index (χ2v) is 3.03. The summed E-state index contributed by atoms with van der Waals surface area (Å²) < 4.78 is 30.5. The van der Waals surface area contributed by atoms with Crippen LogP contribution in [-0.4, -0.2) is 17.5 Å². The number of hydrogen-bond donors (Lipinski definition) is 1. The van der Waals surface area contributed by atoms with Gasteiger partial charge in [0.1, 0.15) is 11.2 Å². The molecule has 0 spiro atoms. The van der Waals surface area contributed by atoms with Gasteiger partial charge in [-0.3, -0.25) is 0 Å². The molecule has 1 fully saturated rings. The second-order valence-electron chi connectivity index (χ2n) is 3.03. The largest absolute Gasteiger partial charge is 0.448 e. The van der Waals surface area contributed by atoms with Crippen molar-refractivity contribution in [3.8, 4) is 0 Å². The number of hydrogen-bond acceptors (Lipinski definition) is 3. The van der Waals surface area contributed by atoms with Crippen LogP contribution in [0.15, 0.2) is 17.0 Å². The SMILES string of the molecule is NCC1(c2cnco2)CC1(F)F. The predicted molar refractivity (Wildman–Crippen MR) is 36.8 cm³/mol. The maximum absolute atomic E-state index is 12.8. The molecule has 1 saturated carbocycles. The number of rotatable bonds is 2. The van der Waals surface area contributed by atoms with Gasteiger partial charge in [0.25, 0.3) is 5.92 Å². The van der Waals surface area contributed by atoms with Crippen LogP contribution in [0.2, 0.25) is 0 Å². The minimum absolute atomic E-state index is 0.102. The summed E-state index contributed by atoms with van der Waals surface area (Å²) in [6.07, 6.45) is 2.21. The highest BCUT2D eigenvalue weighted by Crippen LogP contribution is 2.60. The van der Waals surface area contributed by atoms with Crippen molar-refractivity contribution in [2.24, 2.45) is 5.73 Å². The molecule has 0 aliphatic heterocycles. The molecule has 0 radical (unpaired) electrons. The van der Waals surface area contributed by atoms with Gasteiger partial charge in [-0.15, -0.1) is 0 Å². The Balaban J connectivity index is 2.34. The lowest BCUT2D eigenvalue weighted by molar-refractivity contribution is 0.0839. The molecule has 0 saturated heterocycles. The summed E-state index contributed by atoms with van der Waals surface area (Å²) in [5.41, 5.74) is 3.99. The van der Waals surface area contributed by atoms with Gasteiger partial charge in [-0.05, 0) is 0 Å². The number of alkyl halides is 2. The Kier molecular flexibility index (Phi) is 1.30. The van der Waals surface area contributed by atoms with Crippen molar-refractivity contribution in [3.05, 3.63) is 18.4 Å². The average Bonchev–Trinajstić information content (AvgIpc) is 2.52. The molecule has 1 heterocycles. The van der Waals surface area contributed by atoms with Crippen molar-refractivity contribution in [2.75, 3.05) is 6.54 Å². The van der Waals surface area contributed by atoms with Gasteiger partial charge in [0.15, 0.2) is 6.39 Å². The minimum atomic E-state index is -2.72. The molecule has 1 aliphatic carbocycles. The number of nitrogens with two attached hydrogens (primary N) is 1. The Hall–Kier alpha value is -0.970. The molecule has 0 amide bonds. The normalized spacial score (nSPS) is 31.9. The first-order valence-electron chi connectivity index (χ1n) is 3.59. The maximum Gasteiger partial charge on any atom is 0.263 e. The maximum atomic E-state index is 12.8. The highest BCUT2D eigenvalue weighted by atomic mass is 19.3. The molecule has 2 N–H and O–H groups in total. The number of oxazole rings is 1. The van der Waals surface area contributed by atoms with E-state index in [9.17, 15) is 8.78 Å². The van der Waals surface area contributed by atoms with Crippen molar-refractivity contribution in [1.82, 2.24) is 4.98 Å². The molecular formula is C7H8F2N2O. The Labute approximate surface area is 67.6 Å². The quantitative estimate of drug-likeness (QED) is 0.725. The van der Waals surface area contributed by atoms with Crippen molar-refractivity contribution >= 4 is 0 Å². The molecule has 1 aromatic heterocycles. The fourth-order valence-corrected chi connectivity index (χ4v) is 1.38. The summed E-state index contributed by atoms with van der Waals surface area (Å²) in [5.74, 6) is -2.53. The first-order chi connectivity index (χ1) is 5.62. The molecule has 1 unspecified atom stereocenters. The molecular weight excluding hydrogens is 166 g/mol. The first kappa shape index (κ1) is 7.67. The fourth-order valence-electron chi connectivity index (χ4n) is 1.38. The van der Waals surface area contributed by atoms with Gasteiger partial charge in [-0.2, -0.15) is 0 Å². The zero-order valence-electron chi connectivity index (χ0n) is 6.26. The Morgan fingerprint density at radius 3 is 2.67 bits per heavy atom. The van der Waals surface area contributed by atoms with E-state index in [1.165, 1.54) is 6.20 Å². The number of nitrogens with zero attached hydrogens (tertiary/aromatic N) is 1. The molecule has 1 aromatic rings. The predicted octanol–water partition coefficient (Wildman–Crippen LogP) is 0.910. The lowest BCUT2D eigenvalue weighted by atomic mass is 10.0. The van der Waals surface area contributed by atoms with Gasteiger partial charge < -0.3 is 10.2 Å². The molecule has 66 valence electrons. The van der Waals surface area contributed by atoms with E-state index in [2.05, 4.69) is 4.98 Å². The second kappa shape index (κ2) is 2.04. The standard InChI is InChI=1S/C7H8F2N2O/c8-7(9)2-6(7,3-10)5-1-11-4-12-5/h1,4H,2-3,10H2. The lowest BCUT2D eigenvalue weighted by Crippen LogP contribution is -2.26. The van der Waals surface area contributed by atoms with Gasteiger partial charge in [-0.1, -0.05) is 0 Å². The topological polar surface area (TPSA) is 52.0 Å². The van der Waals surface area contributed by atoms with Crippen molar-refractivity contribution < 1.29 is 13.2 Å². The van der Waals surface area contributed by atoms with E-state index in [4.69, 9.17) is 10.2 Å². The van der Waals surface area contributed by atoms with Crippen LogP contribution in [0.5, 0.6) is 0 Å². The molecule has 0 bridgehead atoms. The van der Waals surface area contributed by atoms with Gasteiger partial charge in [0.05, 0.1) is 6.20 Å². The van der Waals surface area contributed by atoms with Crippen LogP contribution in [0, 0.1) is 0 Å². The van der Waals surface area contributed by atoms with Crippen molar-refractivity contribution in [1.29, 1.82) is 0 Å². The summed E-state index contributed by atoms with van der Waals surface area (Å²) in [6, 6.07) is 0. The molecule has 0 aromatic carbocycles. The van der Waals surface area contributed by atoms with Gasteiger partial charge in [0.2, 0.25) is 0 Å². The van der Waals surface area contributed by atoms with Crippen LogP contribution in [0.4, 0.5) is 8.78 Å². The van der Waals surface area contributed by atoms with E-state index in [1.807, 2.05) is 0 Å². The summed E-state index contributed by atoms with van der Waals surface area (Å²) in [5, 5.41) is 0. The number of halogens is 2. The van der Waals surface area contributed by atoms with Gasteiger partial charge in [0, 0.05) is 13.0 Å². The van der Waals surface area contributed by atoms with E-state index in [0.717, 1.165) is 6.39 Å². The average molecular weight is 174 g/mol. The van der Waals surface area contributed by atoms with Crippen LogP contribution in [0.3, 0.4) is 0 Å². The monoisotopic (exact) mass is 174 g/mol. The van der Waals surface area contributed by atoms with Crippen LogP contribution >= 0.6 is 0 Å². The van der Waals surface area contributed by atoms with E-state index in [0.29, 0.717) is 0 Å². The van der Waals surface area contributed by atoms with Crippen LogP contribution in [0.1, 0.15) is 12.2 Å². The van der Waals surface area contributed by atoms with Crippen LogP contribution in [0.25, 0.3) is 0 Å². The third-order valence-corrected chi connectivity index (χ3v) is 2.35. The van der Waals surface area contributed by atoms with Gasteiger partial charge in [-0.25, -0.2) is 13.8 Å². The molecule has 3 nitrogen and oxygen atoms in total. The Morgan fingerprint density at radius 2 is 2.33 bits per heavy atom. The molecule has 5 heteroatoms. The third-order valence-electron chi connectivity index (χ3n) is 2.35. The number of aromatic nitrogens is 1. The zero-order chi connectivity index (χ0) is 8.82. The Morgan fingerprint density at radius 1 is 1.67 bits per heavy atom. The summed E-state index contributed by atoms with van der Waals surface area (Å²) in [7, 11) is 0. The van der Waals surface area contributed by atoms with E-state index in [1.54, 1.807) is 0 Å². The van der Waals surface area contributed by atoms with Crippen LogP contribution in [-0.2, 0) is 5.41 Å². The zero-order valence-corrected chi connectivity index (χ0v) is 6.26. The van der Waals surface area contributed by atoms with E-state index < -0.39 is 11.3 Å². The Bertz CT molecular complexity index is 286. The van der Waals surface area contributed by atoms with Gasteiger partial charge >= 0.3 is 0 Å². The smallest absolute Gasteiger partial charge is 0.263 e. The third kappa shape index (κ3) is 0.741. The van der Waals surface area contributed by atoms with Crippen molar-refractivity contribution in [3.63, 3.8) is 0 Å². The highest BCUT2D eigenvalue weighted by Gasteiger charge is 2.73. The van der Waals surface area contributed by atoms with E-state index >= 15 is 0 Å². The lowest BCUT2D eigenvalue weighted by Gasteiger charge is -2.08. The van der Waals surface area contributed by atoms with E-state index in [-0.39, 0.29) is 18.7 Å². The summed E-state index contributed by atoms with van der Waals surface area (Å²) >= 11 is 0. The minimum Gasteiger partial charge on any atom is -0.448 e.